The van der Waals surface area contributed by atoms with Crippen molar-refractivity contribution < 1.29 is 14.3 Å². The van der Waals surface area contributed by atoms with Crippen LogP contribution in [0.25, 0.3) is 6.08 Å². The summed E-state index contributed by atoms with van der Waals surface area (Å²) in [4.78, 5) is 12.6. The Hall–Kier alpha value is -2.78. The fraction of sp³-hybridized carbons (Fsp3) is 0.333. The van der Waals surface area contributed by atoms with Crippen molar-refractivity contribution in [1.29, 1.82) is 5.26 Å². The van der Waals surface area contributed by atoms with Crippen molar-refractivity contribution in [3.63, 3.8) is 0 Å². The van der Waals surface area contributed by atoms with E-state index in [0.717, 1.165) is 12.0 Å². The van der Waals surface area contributed by atoms with Gasteiger partial charge >= 0.3 is 0 Å². The summed E-state index contributed by atoms with van der Waals surface area (Å²) < 4.78 is 12.4. The van der Waals surface area contributed by atoms with Crippen molar-refractivity contribution in [2.75, 3.05) is 6.61 Å². The average Bonchev–Trinajstić information content (AvgIpc) is 2.74. The molecular formula is C24H27BrN2O3. The number of amides is 1. The second kappa shape index (κ2) is 11.4. The lowest BCUT2D eigenvalue weighted by Gasteiger charge is -2.18. The molecule has 0 aromatic heterocycles. The first-order valence-corrected chi connectivity index (χ1v) is 10.8. The predicted octanol–water partition coefficient (Wildman–Crippen LogP) is 5.81. The third-order valence-electron chi connectivity index (χ3n) is 4.55. The summed E-state index contributed by atoms with van der Waals surface area (Å²) >= 11 is 3.53. The van der Waals surface area contributed by atoms with Crippen molar-refractivity contribution in [3.8, 4) is 17.6 Å². The van der Waals surface area contributed by atoms with E-state index in [1.807, 2.05) is 70.2 Å². The molecule has 0 radical (unpaired) electrons. The molecule has 2 aromatic rings. The fourth-order valence-electron chi connectivity index (χ4n) is 2.75. The molecule has 2 rings (SSSR count). The van der Waals surface area contributed by atoms with E-state index in [0.29, 0.717) is 28.1 Å². The molecule has 0 unspecified atom stereocenters. The predicted molar refractivity (Wildman–Crippen MR) is 122 cm³/mol. The van der Waals surface area contributed by atoms with E-state index < -0.39 is 5.91 Å². The standard InChI is InChI=1S/C24H27BrN2O3/c1-5-16(3)30-23-21(25)13-18(14-22(23)29-6-2)12-20(15-26)24(28)27-17(4)19-10-8-7-9-11-19/h7-14,16-17H,5-6H2,1-4H3,(H,27,28)/b20-12-/t16-,17+/m1/s1. The molecule has 5 nitrogen and oxygen atoms in total. The Labute approximate surface area is 186 Å². The Morgan fingerprint density at radius 3 is 2.53 bits per heavy atom. The Morgan fingerprint density at radius 1 is 1.23 bits per heavy atom. The van der Waals surface area contributed by atoms with Crippen LogP contribution in [-0.4, -0.2) is 18.6 Å². The number of hydrogen-bond acceptors (Lipinski definition) is 4. The van der Waals surface area contributed by atoms with Gasteiger partial charge in [-0.25, -0.2) is 0 Å². The zero-order chi connectivity index (χ0) is 22.1. The summed E-state index contributed by atoms with van der Waals surface area (Å²) in [6.07, 6.45) is 2.44. The van der Waals surface area contributed by atoms with Gasteiger partial charge < -0.3 is 14.8 Å². The highest BCUT2D eigenvalue weighted by atomic mass is 79.9. The zero-order valence-electron chi connectivity index (χ0n) is 17.7. The van der Waals surface area contributed by atoms with Gasteiger partial charge in [-0.05, 0) is 72.5 Å². The van der Waals surface area contributed by atoms with Gasteiger partial charge in [0.05, 0.1) is 23.2 Å². The molecule has 0 saturated carbocycles. The number of nitriles is 1. The zero-order valence-corrected chi connectivity index (χ0v) is 19.3. The molecular weight excluding hydrogens is 444 g/mol. The van der Waals surface area contributed by atoms with Crippen molar-refractivity contribution in [3.05, 3.63) is 63.6 Å². The number of benzene rings is 2. The number of rotatable bonds is 9. The lowest BCUT2D eigenvalue weighted by atomic mass is 10.1. The minimum Gasteiger partial charge on any atom is -0.490 e. The molecule has 2 aromatic carbocycles. The molecule has 6 heteroatoms. The molecule has 2 atom stereocenters. The highest BCUT2D eigenvalue weighted by Crippen LogP contribution is 2.38. The van der Waals surface area contributed by atoms with Gasteiger partial charge in [0, 0.05) is 0 Å². The monoisotopic (exact) mass is 470 g/mol. The van der Waals surface area contributed by atoms with Gasteiger partial charge in [-0.3, -0.25) is 4.79 Å². The van der Waals surface area contributed by atoms with Crippen molar-refractivity contribution in [2.24, 2.45) is 0 Å². The third-order valence-corrected chi connectivity index (χ3v) is 5.14. The van der Waals surface area contributed by atoms with Crippen molar-refractivity contribution >= 4 is 27.9 Å². The van der Waals surface area contributed by atoms with Crippen LogP contribution in [0.1, 0.15) is 51.3 Å². The Bertz CT molecular complexity index is 935. The number of carbonyl (C=O) groups is 1. The summed E-state index contributed by atoms with van der Waals surface area (Å²) in [5.74, 6) is 0.751. The highest BCUT2D eigenvalue weighted by molar-refractivity contribution is 9.10. The Balaban J connectivity index is 2.29. The lowest BCUT2D eigenvalue weighted by molar-refractivity contribution is -0.117. The smallest absolute Gasteiger partial charge is 0.262 e. The second-order valence-corrected chi connectivity index (χ2v) is 7.73. The molecule has 1 amide bonds. The number of halogens is 1. The normalized spacial score (nSPS) is 13.1. The Morgan fingerprint density at radius 2 is 1.93 bits per heavy atom. The lowest BCUT2D eigenvalue weighted by Crippen LogP contribution is -2.27. The minimum absolute atomic E-state index is 0.0164. The molecule has 158 valence electrons. The quantitative estimate of drug-likeness (QED) is 0.370. The fourth-order valence-corrected chi connectivity index (χ4v) is 3.30. The molecule has 0 aliphatic heterocycles. The molecule has 0 saturated heterocycles. The van der Waals surface area contributed by atoms with Crippen molar-refractivity contribution in [1.82, 2.24) is 5.32 Å². The van der Waals surface area contributed by atoms with Gasteiger partial charge in [0.25, 0.3) is 5.91 Å². The van der Waals surface area contributed by atoms with Crippen LogP contribution in [0, 0.1) is 11.3 Å². The van der Waals surface area contributed by atoms with Crippen molar-refractivity contribution in [2.45, 2.75) is 46.3 Å². The van der Waals surface area contributed by atoms with Gasteiger partial charge in [-0.1, -0.05) is 37.3 Å². The highest BCUT2D eigenvalue weighted by Gasteiger charge is 2.17. The van der Waals surface area contributed by atoms with E-state index in [-0.39, 0.29) is 17.7 Å². The number of nitrogens with one attached hydrogen (secondary N) is 1. The first-order valence-electron chi connectivity index (χ1n) is 10.00. The van der Waals surface area contributed by atoms with E-state index in [1.165, 1.54) is 0 Å². The van der Waals surface area contributed by atoms with E-state index in [4.69, 9.17) is 9.47 Å². The molecule has 0 aliphatic rings. The average molecular weight is 471 g/mol. The first-order chi connectivity index (χ1) is 14.4. The molecule has 30 heavy (non-hydrogen) atoms. The van der Waals surface area contributed by atoms with Crippen LogP contribution in [0.2, 0.25) is 0 Å². The number of carbonyl (C=O) groups excluding carboxylic acids is 1. The van der Waals surface area contributed by atoms with E-state index in [2.05, 4.69) is 21.2 Å². The maximum Gasteiger partial charge on any atom is 0.262 e. The Kier molecular flexibility index (Phi) is 8.94. The van der Waals surface area contributed by atoms with Crippen LogP contribution in [-0.2, 0) is 4.79 Å². The minimum atomic E-state index is -0.428. The van der Waals surface area contributed by atoms with Crippen LogP contribution < -0.4 is 14.8 Å². The largest absolute Gasteiger partial charge is 0.490 e. The molecule has 0 spiro atoms. The maximum atomic E-state index is 12.6. The van der Waals surface area contributed by atoms with Crippen LogP contribution in [0.15, 0.2) is 52.5 Å². The molecule has 1 N–H and O–H groups in total. The number of nitrogens with zero attached hydrogens (tertiary/aromatic N) is 1. The van der Waals surface area contributed by atoms with E-state index >= 15 is 0 Å². The van der Waals surface area contributed by atoms with Crippen LogP contribution >= 0.6 is 15.9 Å². The van der Waals surface area contributed by atoms with Gasteiger partial charge in [-0.15, -0.1) is 0 Å². The second-order valence-electron chi connectivity index (χ2n) is 6.88. The number of hydrogen-bond donors (Lipinski definition) is 1. The summed E-state index contributed by atoms with van der Waals surface area (Å²) in [6.45, 7) is 8.28. The molecule has 0 heterocycles. The number of ether oxygens (including phenoxy) is 2. The SMILES string of the molecule is CCOc1cc(/C=C(/C#N)C(=O)N[C@@H](C)c2ccccc2)cc(Br)c1O[C@H](C)CC. The molecule has 0 fully saturated rings. The van der Waals surface area contributed by atoms with E-state index in [9.17, 15) is 10.1 Å². The first kappa shape index (κ1) is 23.5. The summed E-state index contributed by atoms with van der Waals surface area (Å²) in [5.41, 5.74) is 1.65. The maximum absolute atomic E-state index is 12.6. The molecule has 0 bridgehead atoms. The summed E-state index contributed by atoms with van der Waals surface area (Å²) in [5, 5.41) is 12.4. The van der Waals surface area contributed by atoms with Gasteiger partial charge in [-0.2, -0.15) is 5.26 Å². The summed E-state index contributed by atoms with van der Waals surface area (Å²) in [7, 11) is 0. The van der Waals surface area contributed by atoms with Crippen LogP contribution in [0.4, 0.5) is 0 Å². The third kappa shape index (κ3) is 6.36. The van der Waals surface area contributed by atoms with Gasteiger partial charge in [0.15, 0.2) is 11.5 Å². The van der Waals surface area contributed by atoms with Crippen LogP contribution in [0.5, 0.6) is 11.5 Å². The molecule has 0 aliphatic carbocycles. The van der Waals surface area contributed by atoms with Gasteiger partial charge in [0.1, 0.15) is 11.6 Å². The van der Waals surface area contributed by atoms with Crippen LogP contribution in [0.3, 0.4) is 0 Å². The van der Waals surface area contributed by atoms with Gasteiger partial charge in [0.2, 0.25) is 0 Å². The summed E-state index contributed by atoms with van der Waals surface area (Å²) in [6, 6.07) is 15.0. The van der Waals surface area contributed by atoms with E-state index in [1.54, 1.807) is 12.1 Å². The topological polar surface area (TPSA) is 71.3 Å².